The Morgan fingerprint density at radius 1 is 1.71 bits per heavy atom. The normalized spacial score (nSPS) is 22.0. The Labute approximate surface area is 95.6 Å². The van der Waals surface area contributed by atoms with Crippen molar-refractivity contribution < 1.29 is 4.79 Å². The Morgan fingerprint density at radius 2 is 2.50 bits per heavy atom. The van der Waals surface area contributed by atoms with Crippen LogP contribution in [0.15, 0.2) is 6.20 Å². The Morgan fingerprint density at radius 3 is 3.00 bits per heavy atom. The first kappa shape index (κ1) is 10.2. The molecule has 1 fully saturated rings. The minimum Gasteiger partial charge on any atom is -0.288 e. The minimum atomic E-state index is 0.0849. The topological polar surface area (TPSA) is 33.2 Å². The van der Waals surface area contributed by atoms with Crippen molar-refractivity contribution in [3.63, 3.8) is 0 Å². The molecule has 1 atom stereocenters. The third-order valence-corrected chi connectivity index (χ3v) is 3.69. The highest BCUT2D eigenvalue weighted by Gasteiger charge is 2.31. The van der Waals surface area contributed by atoms with Crippen LogP contribution in [0.4, 0.5) is 5.13 Å². The summed E-state index contributed by atoms with van der Waals surface area (Å²) >= 11 is 12.8. The van der Waals surface area contributed by atoms with Gasteiger partial charge in [0.25, 0.3) is 0 Å². The standard InChI is InChI=1S/C8H8Cl2N2OS/c9-2-5-1-7(13)12(4-5)8-11-3-6(10)14-8/h3,5H,1-2,4H2. The van der Waals surface area contributed by atoms with Crippen molar-refractivity contribution in [2.24, 2.45) is 5.92 Å². The van der Waals surface area contributed by atoms with E-state index < -0.39 is 0 Å². The highest BCUT2D eigenvalue weighted by molar-refractivity contribution is 7.19. The summed E-state index contributed by atoms with van der Waals surface area (Å²) in [5.74, 6) is 0.843. The number of rotatable bonds is 2. The molecule has 0 spiro atoms. The first-order valence-corrected chi connectivity index (χ1v) is 5.91. The Kier molecular flexibility index (Phi) is 2.95. The summed E-state index contributed by atoms with van der Waals surface area (Å²) in [5, 5.41) is 0.674. The van der Waals surface area contributed by atoms with E-state index in [9.17, 15) is 4.79 Å². The molecule has 1 unspecified atom stereocenters. The van der Waals surface area contributed by atoms with Crippen LogP contribution in [-0.2, 0) is 4.79 Å². The van der Waals surface area contributed by atoms with Crippen molar-refractivity contribution >= 4 is 45.6 Å². The Hall–Kier alpha value is -0.320. The van der Waals surface area contributed by atoms with E-state index in [4.69, 9.17) is 23.2 Å². The van der Waals surface area contributed by atoms with E-state index in [0.717, 1.165) is 0 Å². The molecule has 2 heterocycles. The number of carbonyl (C=O) groups is 1. The molecular weight excluding hydrogens is 243 g/mol. The average Bonchev–Trinajstić information content (AvgIpc) is 2.71. The number of carbonyl (C=O) groups excluding carboxylic acids is 1. The van der Waals surface area contributed by atoms with Crippen LogP contribution in [0, 0.1) is 5.92 Å². The summed E-state index contributed by atoms with van der Waals surface area (Å²) in [7, 11) is 0. The van der Waals surface area contributed by atoms with Gasteiger partial charge in [-0.15, -0.1) is 11.6 Å². The van der Waals surface area contributed by atoms with Gasteiger partial charge in [0.15, 0.2) is 5.13 Å². The molecule has 0 N–H and O–H groups in total. The summed E-state index contributed by atoms with van der Waals surface area (Å²) in [6, 6.07) is 0. The number of hydrogen-bond donors (Lipinski definition) is 0. The molecule has 1 amide bonds. The Balaban J connectivity index is 2.16. The van der Waals surface area contributed by atoms with Gasteiger partial charge >= 0.3 is 0 Å². The lowest BCUT2D eigenvalue weighted by atomic mass is 10.2. The van der Waals surface area contributed by atoms with Gasteiger partial charge in [0.2, 0.25) is 5.91 Å². The quantitative estimate of drug-likeness (QED) is 0.756. The third kappa shape index (κ3) is 1.87. The number of hydrogen-bond acceptors (Lipinski definition) is 3. The molecule has 1 aromatic rings. The van der Waals surface area contributed by atoms with Crippen LogP contribution in [0.1, 0.15) is 6.42 Å². The fraction of sp³-hybridized carbons (Fsp3) is 0.500. The second kappa shape index (κ2) is 4.04. The molecule has 14 heavy (non-hydrogen) atoms. The zero-order valence-corrected chi connectivity index (χ0v) is 9.57. The van der Waals surface area contributed by atoms with E-state index in [1.165, 1.54) is 11.3 Å². The zero-order valence-electron chi connectivity index (χ0n) is 7.24. The minimum absolute atomic E-state index is 0.0849. The molecule has 3 nitrogen and oxygen atoms in total. The number of halogens is 2. The van der Waals surface area contributed by atoms with E-state index in [2.05, 4.69) is 4.98 Å². The van der Waals surface area contributed by atoms with E-state index in [-0.39, 0.29) is 11.8 Å². The molecule has 0 aromatic carbocycles. The van der Waals surface area contributed by atoms with Crippen molar-refractivity contribution in [3.8, 4) is 0 Å². The Bertz CT molecular complexity index is 355. The number of alkyl halides is 1. The van der Waals surface area contributed by atoms with Crippen LogP contribution in [0.5, 0.6) is 0 Å². The van der Waals surface area contributed by atoms with E-state index in [0.29, 0.717) is 28.3 Å². The van der Waals surface area contributed by atoms with Gasteiger partial charge in [-0.3, -0.25) is 9.69 Å². The van der Waals surface area contributed by atoms with E-state index in [1.54, 1.807) is 11.1 Å². The molecule has 76 valence electrons. The maximum Gasteiger partial charge on any atom is 0.229 e. The molecule has 1 aliphatic rings. The first-order chi connectivity index (χ1) is 6.70. The van der Waals surface area contributed by atoms with E-state index >= 15 is 0 Å². The lowest BCUT2D eigenvalue weighted by molar-refractivity contribution is -0.117. The lowest BCUT2D eigenvalue weighted by Gasteiger charge is -2.11. The molecule has 6 heteroatoms. The molecule has 1 aliphatic heterocycles. The smallest absolute Gasteiger partial charge is 0.229 e. The number of anilines is 1. The molecule has 0 radical (unpaired) electrons. The molecule has 2 rings (SSSR count). The van der Waals surface area contributed by atoms with Crippen LogP contribution < -0.4 is 4.90 Å². The van der Waals surface area contributed by atoms with Crippen LogP contribution >= 0.6 is 34.5 Å². The van der Waals surface area contributed by atoms with Gasteiger partial charge in [0.1, 0.15) is 4.34 Å². The van der Waals surface area contributed by atoms with Gasteiger partial charge in [-0.05, 0) is 5.92 Å². The first-order valence-electron chi connectivity index (χ1n) is 4.18. The monoisotopic (exact) mass is 250 g/mol. The predicted molar refractivity (Wildman–Crippen MR) is 58.3 cm³/mol. The number of amides is 1. The third-order valence-electron chi connectivity index (χ3n) is 2.12. The van der Waals surface area contributed by atoms with E-state index in [1.807, 2.05) is 0 Å². The van der Waals surface area contributed by atoms with Crippen LogP contribution in [0.3, 0.4) is 0 Å². The molecule has 0 saturated carbocycles. The molecule has 0 aliphatic carbocycles. The zero-order chi connectivity index (χ0) is 10.1. The van der Waals surface area contributed by atoms with Crippen LogP contribution in [-0.4, -0.2) is 23.3 Å². The van der Waals surface area contributed by atoms with Gasteiger partial charge in [0.05, 0.1) is 6.20 Å². The summed E-state index contributed by atoms with van der Waals surface area (Å²) < 4.78 is 0.599. The highest BCUT2D eigenvalue weighted by Crippen LogP contribution is 2.31. The number of nitrogens with zero attached hydrogens (tertiary/aromatic N) is 2. The maximum atomic E-state index is 11.5. The van der Waals surface area contributed by atoms with Crippen molar-refractivity contribution in [2.75, 3.05) is 17.3 Å². The summed E-state index contributed by atoms with van der Waals surface area (Å²) in [5.41, 5.74) is 0. The van der Waals surface area contributed by atoms with Crippen molar-refractivity contribution in [1.29, 1.82) is 0 Å². The van der Waals surface area contributed by atoms with Gasteiger partial charge < -0.3 is 0 Å². The summed E-state index contributed by atoms with van der Waals surface area (Å²) in [6.07, 6.45) is 2.07. The van der Waals surface area contributed by atoms with Crippen molar-refractivity contribution in [3.05, 3.63) is 10.5 Å². The van der Waals surface area contributed by atoms with Gasteiger partial charge in [-0.25, -0.2) is 4.98 Å². The van der Waals surface area contributed by atoms with Crippen molar-refractivity contribution in [1.82, 2.24) is 4.98 Å². The SMILES string of the molecule is O=C1CC(CCl)CN1c1ncc(Cl)s1. The largest absolute Gasteiger partial charge is 0.288 e. The maximum absolute atomic E-state index is 11.5. The summed E-state index contributed by atoms with van der Waals surface area (Å²) in [6.45, 7) is 0.659. The molecular formula is C8H8Cl2N2OS. The second-order valence-corrected chi connectivity index (χ2v) is 5.12. The fourth-order valence-electron chi connectivity index (χ4n) is 1.44. The van der Waals surface area contributed by atoms with Crippen LogP contribution in [0.25, 0.3) is 0 Å². The second-order valence-electron chi connectivity index (χ2n) is 3.18. The molecule has 0 bridgehead atoms. The van der Waals surface area contributed by atoms with Gasteiger partial charge in [-0.2, -0.15) is 0 Å². The molecule has 1 saturated heterocycles. The van der Waals surface area contributed by atoms with Gasteiger partial charge in [-0.1, -0.05) is 22.9 Å². The average molecular weight is 251 g/mol. The van der Waals surface area contributed by atoms with Crippen LogP contribution in [0.2, 0.25) is 4.34 Å². The summed E-state index contributed by atoms with van der Waals surface area (Å²) in [4.78, 5) is 17.3. The molecule has 1 aromatic heterocycles. The highest BCUT2D eigenvalue weighted by atomic mass is 35.5. The fourth-order valence-corrected chi connectivity index (χ4v) is 2.57. The van der Waals surface area contributed by atoms with Crippen molar-refractivity contribution in [2.45, 2.75) is 6.42 Å². The lowest BCUT2D eigenvalue weighted by Crippen LogP contribution is -2.24. The number of aromatic nitrogens is 1. The predicted octanol–water partition coefficient (Wildman–Crippen LogP) is 2.39. The number of thiazole rings is 1. The van der Waals surface area contributed by atoms with Gasteiger partial charge in [0, 0.05) is 18.8 Å².